The van der Waals surface area contributed by atoms with E-state index < -0.39 is 29.4 Å². The third-order valence-electron chi connectivity index (χ3n) is 4.41. The molecule has 2 unspecified atom stereocenters. The Morgan fingerprint density at radius 2 is 1.65 bits per heavy atom. The van der Waals surface area contributed by atoms with Crippen LogP contribution in [0.5, 0.6) is 0 Å². The SMILES string of the molecule is Cc1nnc(C(CCO)N(O)C(=O)OC(C)(C)C)s1.Cc1nnc(C2CCON2C(=O)OC(C)(C)C)s1. The third kappa shape index (κ3) is 9.74. The van der Waals surface area contributed by atoms with Gasteiger partial charge in [0.1, 0.15) is 43.3 Å². The molecule has 1 fully saturated rings. The molecule has 15 heteroatoms. The molecule has 1 aliphatic heterocycles. The molecule has 0 bridgehead atoms. The van der Waals surface area contributed by atoms with E-state index in [1.165, 1.54) is 27.7 Å². The van der Waals surface area contributed by atoms with Crippen LogP contribution >= 0.6 is 22.7 Å². The van der Waals surface area contributed by atoms with E-state index in [9.17, 15) is 14.8 Å². The molecule has 0 aliphatic carbocycles. The maximum Gasteiger partial charge on any atom is 0.435 e. The summed E-state index contributed by atoms with van der Waals surface area (Å²) in [5.41, 5.74) is -1.25. The summed E-state index contributed by atoms with van der Waals surface area (Å²) in [7, 11) is 0. The maximum atomic E-state index is 12.0. The number of hydrogen-bond donors (Lipinski definition) is 2. The van der Waals surface area contributed by atoms with E-state index in [1.807, 2.05) is 27.7 Å². The molecule has 0 saturated carbocycles. The minimum Gasteiger partial charge on any atom is -0.442 e. The average molecular weight is 561 g/mol. The highest BCUT2D eigenvalue weighted by Crippen LogP contribution is 2.33. The lowest BCUT2D eigenvalue weighted by atomic mass is 10.2. The largest absolute Gasteiger partial charge is 0.442 e. The fraction of sp³-hybridized carbons (Fsp3) is 0.727. The van der Waals surface area contributed by atoms with Gasteiger partial charge in [0.2, 0.25) is 0 Å². The van der Waals surface area contributed by atoms with Crippen molar-refractivity contribution in [2.75, 3.05) is 13.2 Å². The molecule has 3 rings (SSSR count). The fourth-order valence-electron chi connectivity index (χ4n) is 2.98. The number of aryl methyl sites for hydroxylation is 2. The zero-order valence-electron chi connectivity index (χ0n) is 22.4. The molecule has 2 aromatic heterocycles. The van der Waals surface area contributed by atoms with Gasteiger partial charge in [-0.1, -0.05) is 22.7 Å². The van der Waals surface area contributed by atoms with Crippen LogP contribution < -0.4 is 0 Å². The van der Waals surface area contributed by atoms with Gasteiger partial charge < -0.3 is 14.6 Å². The molecule has 0 aromatic carbocycles. The van der Waals surface area contributed by atoms with Gasteiger partial charge in [0, 0.05) is 19.4 Å². The third-order valence-corrected chi connectivity index (χ3v) is 6.29. The van der Waals surface area contributed by atoms with Crippen molar-refractivity contribution in [1.29, 1.82) is 0 Å². The molecule has 0 spiro atoms. The number of amides is 2. The number of hydroxylamine groups is 4. The van der Waals surface area contributed by atoms with Crippen LogP contribution in [0.4, 0.5) is 9.59 Å². The van der Waals surface area contributed by atoms with E-state index in [2.05, 4.69) is 20.4 Å². The van der Waals surface area contributed by atoms with Gasteiger partial charge in [-0.25, -0.2) is 9.59 Å². The Labute approximate surface area is 224 Å². The highest BCUT2D eigenvalue weighted by Gasteiger charge is 2.37. The van der Waals surface area contributed by atoms with Crippen molar-refractivity contribution in [3.05, 3.63) is 20.0 Å². The predicted molar refractivity (Wildman–Crippen MR) is 135 cm³/mol. The molecule has 1 saturated heterocycles. The first-order chi connectivity index (χ1) is 17.1. The molecular formula is C22H36N6O7S2. The maximum absolute atomic E-state index is 12.0. The normalized spacial score (nSPS) is 16.6. The van der Waals surface area contributed by atoms with Crippen LogP contribution in [0, 0.1) is 13.8 Å². The second-order valence-corrected chi connectivity index (χ2v) is 12.5. The number of aliphatic hydroxyl groups is 1. The number of hydrogen-bond acceptors (Lipinski definition) is 13. The Morgan fingerprint density at radius 1 is 1.05 bits per heavy atom. The van der Waals surface area contributed by atoms with Crippen molar-refractivity contribution < 1.29 is 34.2 Å². The number of carbonyl (C=O) groups is 2. The number of nitrogens with zero attached hydrogens (tertiary/aromatic N) is 6. The van der Waals surface area contributed by atoms with Gasteiger partial charge in [0.15, 0.2) is 0 Å². The molecule has 3 heterocycles. The van der Waals surface area contributed by atoms with Gasteiger partial charge in [-0.05, 0) is 55.4 Å². The van der Waals surface area contributed by atoms with Crippen molar-refractivity contribution in [2.24, 2.45) is 0 Å². The van der Waals surface area contributed by atoms with E-state index in [4.69, 9.17) is 19.4 Å². The first-order valence-corrected chi connectivity index (χ1v) is 13.3. The van der Waals surface area contributed by atoms with Crippen LogP contribution in [0.3, 0.4) is 0 Å². The van der Waals surface area contributed by atoms with Crippen molar-refractivity contribution in [3.8, 4) is 0 Å². The van der Waals surface area contributed by atoms with E-state index >= 15 is 0 Å². The minimum absolute atomic E-state index is 0.157. The lowest BCUT2D eigenvalue weighted by molar-refractivity contribution is -0.125. The first kappa shape index (κ1) is 30.8. The van der Waals surface area contributed by atoms with Crippen molar-refractivity contribution in [1.82, 2.24) is 30.5 Å². The van der Waals surface area contributed by atoms with Gasteiger partial charge >= 0.3 is 12.2 Å². The van der Waals surface area contributed by atoms with Crippen LogP contribution in [-0.2, 0) is 14.3 Å². The van der Waals surface area contributed by atoms with Crippen molar-refractivity contribution in [2.45, 2.75) is 91.5 Å². The molecule has 2 aromatic rings. The number of aliphatic hydroxyl groups excluding tert-OH is 1. The molecule has 2 N–H and O–H groups in total. The molecule has 37 heavy (non-hydrogen) atoms. The monoisotopic (exact) mass is 560 g/mol. The summed E-state index contributed by atoms with van der Waals surface area (Å²) in [6, 6.07) is -0.947. The van der Waals surface area contributed by atoms with Crippen molar-refractivity contribution in [3.63, 3.8) is 0 Å². The zero-order valence-corrected chi connectivity index (χ0v) is 24.1. The van der Waals surface area contributed by atoms with Crippen LogP contribution in [-0.4, -0.2) is 77.4 Å². The molecule has 13 nitrogen and oxygen atoms in total. The Balaban J connectivity index is 0.000000260. The Kier molecular flexibility index (Phi) is 10.7. The van der Waals surface area contributed by atoms with Gasteiger partial charge in [0.25, 0.3) is 0 Å². The second kappa shape index (κ2) is 12.9. The summed E-state index contributed by atoms with van der Waals surface area (Å²) in [4.78, 5) is 29.1. The molecule has 208 valence electrons. The van der Waals surface area contributed by atoms with Crippen molar-refractivity contribution >= 4 is 34.9 Å². The van der Waals surface area contributed by atoms with E-state index in [1.54, 1.807) is 27.7 Å². The Hall–Kier alpha value is -2.46. The number of ether oxygens (including phenoxy) is 2. The van der Waals surface area contributed by atoms with E-state index in [-0.39, 0.29) is 19.1 Å². The van der Waals surface area contributed by atoms with Crippen LogP contribution in [0.2, 0.25) is 0 Å². The lowest BCUT2D eigenvalue weighted by Crippen LogP contribution is -2.37. The standard InChI is InChI=1S/C11H19N3O4S.C11H17N3O3S/c1-7-12-13-9(19-7)8(5-6-15)14(17)10(16)18-11(2,3)4;1-7-12-13-9(18-7)8-5-6-16-14(8)10(15)17-11(2,3)4/h8,15,17H,5-6H2,1-4H3;8H,5-6H2,1-4H3. The van der Waals surface area contributed by atoms with Gasteiger partial charge in [0.05, 0.1) is 6.61 Å². The van der Waals surface area contributed by atoms with Crippen LogP contribution in [0.15, 0.2) is 0 Å². The average Bonchev–Trinajstić information content (AvgIpc) is 3.50. The number of carbonyl (C=O) groups excluding carboxylic acids is 2. The Morgan fingerprint density at radius 3 is 2.14 bits per heavy atom. The molecule has 1 aliphatic rings. The Bertz CT molecular complexity index is 1030. The van der Waals surface area contributed by atoms with Crippen LogP contribution in [0.25, 0.3) is 0 Å². The molecular weight excluding hydrogens is 524 g/mol. The number of rotatable bonds is 5. The second-order valence-electron chi connectivity index (χ2n) is 10.1. The van der Waals surface area contributed by atoms with Gasteiger partial charge in [-0.15, -0.1) is 20.4 Å². The van der Waals surface area contributed by atoms with Gasteiger partial charge in [-0.3, -0.25) is 10.0 Å². The van der Waals surface area contributed by atoms with Gasteiger partial charge in [-0.2, -0.15) is 10.1 Å². The fourth-order valence-corrected chi connectivity index (χ4v) is 4.62. The first-order valence-electron chi connectivity index (χ1n) is 11.7. The summed E-state index contributed by atoms with van der Waals surface area (Å²) in [6.07, 6.45) is -0.477. The van der Waals surface area contributed by atoms with Crippen LogP contribution in [0.1, 0.15) is 86.5 Å². The number of aromatic nitrogens is 4. The lowest BCUT2D eigenvalue weighted by Gasteiger charge is -2.27. The minimum atomic E-state index is -0.876. The summed E-state index contributed by atoms with van der Waals surface area (Å²) >= 11 is 2.73. The van der Waals surface area contributed by atoms with E-state index in [0.29, 0.717) is 23.1 Å². The zero-order chi connectivity index (χ0) is 28.0. The topological polar surface area (TPSA) is 160 Å². The summed E-state index contributed by atoms with van der Waals surface area (Å²) in [6.45, 7) is 14.5. The smallest absolute Gasteiger partial charge is 0.435 e. The quantitative estimate of drug-likeness (QED) is 0.395. The summed E-state index contributed by atoms with van der Waals surface area (Å²) in [5.74, 6) is 0. The molecule has 2 atom stereocenters. The summed E-state index contributed by atoms with van der Waals surface area (Å²) in [5, 5.41) is 39.3. The highest BCUT2D eigenvalue weighted by atomic mass is 32.1. The van der Waals surface area contributed by atoms with E-state index in [0.717, 1.165) is 15.0 Å². The molecule has 2 amide bonds. The highest BCUT2D eigenvalue weighted by molar-refractivity contribution is 7.11. The predicted octanol–water partition coefficient (Wildman–Crippen LogP) is 4.36. The molecule has 0 radical (unpaired) electrons. The summed E-state index contributed by atoms with van der Waals surface area (Å²) < 4.78 is 10.4.